The van der Waals surface area contributed by atoms with E-state index in [-0.39, 0.29) is 41.2 Å². The maximum Gasteiger partial charge on any atom is 0.283 e. The molecular weight excluding hydrogens is 413 g/mol. The quantitative estimate of drug-likeness (QED) is 0.599. The zero-order valence-corrected chi connectivity index (χ0v) is 18.9. The number of aliphatic imine (C=N–C) groups is 1. The maximum absolute atomic E-state index is 13.4. The molecule has 2 aromatic rings. The molecule has 0 aromatic heterocycles. The van der Waals surface area contributed by atoms with Gasteiger partial charge in [0.2, 0.25) is 5.91 Å². The standard InChI is InChI=1S/C24H26FN3O2S/c1-16(2)27(17(3)4)22(29)15-31-24-26-21(14-18-8-6-5-7-9-18)23(30)28(24)20-12-10-19(25)11-13-20/h5-14,16-17H,15H2,1-4H3. The SMILES string of the molecule is CC(C)N(C(=O)CSC1=NC(=Cc2ccccc2)C(=O)N1c1ccc(F)cc1)C(C)C. The molecule has 0 fully saturated rings. The lowest BCUT2D eigenvalue weighted by atomic mass is 10.2. The van der Waals surface area contributed by atoms with Crippen molar-refractivity contribution in [2.75, 3.05) is 10.7 Å². The van der Waals surface area contributed by atoms with E-state index in [1.54, 1.807) is 6.08 Å². The van der Waals surface area contributed by atoms with Crippen molar-refractivity contribution in [2.45, 2.75) is 39.8 Å². The van der Waals surface area contributed by atoms with E-state index in [1.165, 1.54) is 40.9 Å². The number of carbonyl (C=O) groups excluding carboxylic acids is 2. The highest BCUT2D eigenvalue weighted by molar-refractivity contribution is 8.14. The van der Waals surface area contributed by atoms with Gasteiger partial charge < -0.3 is 4.90 Å². The van der Waals surface area contributed by atoms with Gasteiger partial charge in [0.05, 0.1) is 11.4 Å². The van der Waals surface area contributed by atoms with E-state index in [1.807, 2.05) is 62.9 Å². The minimum atomic E-state index is -0.388. The Kier molecular flexibility index (Phi) is 7.28. The Morgan fingerprint density at radius 2 is 1.68 bits per heavy atom. The van der Waals surface area contributed by atoms with E-state index >= 15 is 0 Å². The number of hydrogen-bond donors (Lipinski definition) is 0. The van der Waals surface area contributed by atoms with Gasteiger partial charge in [0.15, 0.2) is 5.17 Å². The minimum Gasteiger partial charge on any atom is -0.337 e. The summed E-state index contributed by atoms with van der Waals surface area (Å²) in [6.45, 7) is 7.91. The minimum absolute atomic E-state index is 0.0234. The first-order valence-electron chi connectivity index (χ1n) is 10.2. The molecule has 1 aliphatic rings. The fraction of sp³-hybridized carbons (Fsp3) is 0.292. The van der Waals surface area contributed by atoms with Crippen LogP contribution in [0.25, 0.3) is 6.08 Å². The average Bonchev–Trinajstić information content (AvgIpc) is 3.02. The van der Waals surface area contributed by atoms with E-state index in [0.717, 1.165) is 5.56 Å². The van der Waals surface area contributed by atoms with E-state index in [4.69, 9.17) is 0 Å². The third-order valence-electron chi connectivity index (χ3n) is 4.74. The van der Waals surface area contributed by atoms with Crippen molar-refractivity contribution in [3.8, 4) is 0 Å². The molecule has 0 atom stereocenters. The number of rotatable bonds is 6. The van der Waals surface area contributed by atoms with Crippen molar-refractivity contribution < 1.29 is 14.0 Å². The van der Waals surface area contributed by atoms with Gasteiger partial charge in [0.25, 0.3) is 5.91 Å². The summed E-state index contributed by atoms with van der Waals surface area (Å²) in [6.07, 6.45) is 1.71. The van der Waals surface area contributed by atoms with Gasteiger partial charge in [-0.2, -0.15) is 0 Å². The normalized spacial score (nSPS) is 15.2. The second-order valence-electron chi connectivity index (χ2n) is 7.73. The molecule has 0 bridgehead atoms. The maximum atomic E-state index is 13.4. The van der Waals surface area contributed by atoms with Crippen LogP contribution in [-0.2, 0) is 9.59 Å². The number of nitrogens with zero attached hydrogens (tertiary/aromatic N) is 3. The van der Waals surface area contributed by atoms with Crippen molar-refractivity contribution in [3.63, 3.8) is 0 Å². The summed E-state index contributed by atoms with van der Waals surface area (Å²) in [5, 5.41) is 0.402. The fourth-order valence-corrected chi connectivity index (χ4v) is 4.37. The number of thioether (sulfide) groups is 1. The molecule has 1 aliphatic heterocycles. The number of amides is 2. The predicted octanol–water partition coefficient (Wildman–Crippen LogP) is 4.95. The molecular formula is C24H26FN3O2S. The number of carbonyl (C=O) groups is 2. The molecule has 0 unspecified atom stereocenters. The zero-order chi connectivity index (χ0) is 22.5. The molecule has 3 rings (SSSR count). The lowest BCUT2D eigenvalue weighted by molar-refractivity contribution is -0.131. The van der Waals surface area contributed by atoms with Gasteiger partial charge >= 0.3 is 0 Å². The van der Waals surface area contributed by atoms with Gasteiger partial charge in [-0.15, -0.1) is 0 Å². The number of halogens is 1. The first-order valence-corrected chi connectivity index (χ1v) is 11.2. The zero-order valence-electron chi connectivity index (χ0n) is 18.1. The van der Waals surface area contributed by atoms with Gasteiger partial charge in [-0.1, -0.05) is 42.1 Å². The summed E-state index contributed by atoms with van der Waals surface area (Å²) in [7, 11) is 0. The van der Waals surface area contributed by atoms with E-state index in [0.29, 0.717) is 10.9 Å². The Balaban J connectivity index is 1.89. The number of hydrogen-bond acceptors (Lipinski definition) is 4. The van der Waals surface area contributed by atoms with Crippen molar-refractivity contribution in [2.24, 2.45) is 4.99 Å². The lowest BCUT2D eigenvalue weighted by Crippen LogP contribution is -2.43. The van der Waals surface area contributed by atoms with Crippen LogP contribution in [0.2, 0.25) is 0 Å². The highest BCUT2D eigenvalue weighted by Crippen LogP contribution is 2.30. The lowest BCUT2D eigenvalue weighted by Gasteiger charge is -2.30. The Bertz CT molecular complexity index is 993. The molecule has 0 radical (unpaired) electrons. The smallest absolute Gasteiger partial charge is 0.283 e. The molecule has 0 N–H and O–H groups in total. The number of amidine groups is 1. The summed E-state index contributed by atoms with van der Waals surface area (Å²) in [4.78, 5) is 33.7. The van der Waals surface area contributed by atoms with E-state index in [2.05, 4.69) is 4.99 Å². The van der Waals surface area contributed by atoms with Gasteiger partial charge in [0, 0.05) is 12.1 Å². The summed E-state index contributed by atoms with van der Waals surface area (Å²) >= 11 is 1.21. The molecule has 7 heteroatoms. The largest absolute Gasteiger partial charge is 0.337 e. The van der Waals surface area contributed by atoms with E-state index < -0.39 is 0 Å². The average molecular weight is 440 g/mol. The second kappa shape index (κ2) is 9.92. The number of benzene rings is 2. The van der Waals surface area contributed by atoms with Crippen LogP contribution in [0.1, 0.15) is 33.3 Å². The molecule has 31 heavy (non-hydrogen) atoms. The molecule has 0 saturated heterocycles. The first-order chi connectivity index (χ1) is 14.8. The van der Waals surface area contributed by atoms with Gasteiger partial charge in [0.1, 0.15) is 11.5 Å². The Hall–Kier alpha value is -2.93. The van der Waals surface area contributed by atoms with Gasteiger partial charge in [-0.25, -0.2) is 9.38 Å². The highest BCUT2D eigenvalue weighted by Gasteiger charge is 2.33. The molecule has 5 nitrogen and oxygen atoms in total. The van der Waals surface area contributed by atoms with Crippen molar-refractivity contribution in [3.05, 3.63) is 71.7 Å². The Morgan fingerprint density at radius 3 is 2.26 bits per heavy atom. The Morgan fingerprint density at radius 1 is 1.06 bits per heavy atom. The van der Waals surface area contributed by atoms with Gasteiger partial charge in [-0.05, 0) is 63.6 Å². The van der Waals surface area contributed by atoms with Crippen LogP contribution >= 0.6 is 11.8 Å². The fourth-order valence-electron chi connectivity index (χ4n) is 3.49. The van der Waals surface area contributed by atoms with Crippen LogP contribution in [0, 0.1) is 5.82 Å². The monoisotopic (exact) mass is 439 g/mol. The predicted molar refractivity (Wildman–Crippen MR) is 125 cm³/mol. The van der Waals surface area contributed by atoms with Crippen LogP contribution in [0.5, 0.6) is 0 Å². The number of anilines is 1. The van der Waals surface area contributed by atoms with E-state index in [9.17, 15) is 14.0 Å². The summed E-state index contributed by atoms with van der Waals surface area (Å²) < 4.78 is 13.4. The van der Waals surface area contributed by atoms with Gasteiger partial charge in [-0.3, -0.25) is 14.5 Å². The summed E-state index contributed by atoms with van der Waals surface area (Å²) in [6, 6.07) is 15.2. The first kappa shape index (κ1) is 22.7. The molecule has 162 valence electrons. The van der Waals surface area contributed by atoms with Crippen LogP contribution < -0.4 is 4.90 Å². The molecule has 2 aromatic carbocycles. The van der Waals surface area contributed by atoms with Crippen LogP contribution in [0.4, 0.5) is 10.1 Å². The van der Waals surface area contributed by atoms with Crippen LogP contribution in [0.15, 0.2) is 65.3 Å². The molecule has 0 aliphatic carbocycles. The second-order valence-corrected chi connectivity index (χ2v) is 8.67. The Labute approximate surface area is 186 Å². The highest BCUT2D eigenvalue weighted by atomic mass is 32.2. The third kappa shape index (κ3) is 5.41. The summed E-state index contributed by atoms with van der Waals surface area (Å²) in [5.74, 6) is -0.570. The molecule has 1 heterocycles. The van der Waals surface area contributed by atoms with Crippen molar-refractivity contribution in [1.82, 2.24) is 4.90 Å². The van der Waals surface area contributed by atoms with Crippen molar-refractivity contribution in [1.29, 1.82) is 0 Å². The molecule has 2 amide bonds. The van der Waals surface area contributed by atoms with Crippen molar-refractivity contribution >= 4 is 40.5 Å². The van der Waals surface area contributed by atoms with Crippen LogP contribution in [-0.4, -0.2) is 39.7 Å². The molecule has 0 spiro atoms. The topological polar surface area (TPSA) is 53.0 Å². The third-order valence-corrected chi connectivity index (χ3v) is 5.67. The van der Waals surface area contributed by atoms with Crippen LogP contribution in [0.3, 0.4) is 0 Å². The summed E-state index contributed by atoms with van der Waals surface area (Å²) in [5.41, 5.74) is 1.63. The molecule has 0 saturated carbocycles.